The predicted octanol–water partition coefficient (Wildman–Crippen LogP) is 3.59. The molecule has 3 rings (SSSR count). The van der Waals surface area contributed by atoms with E-state index in [1.165, 1.54) is 6.07 Å². The molecule has 1 aromatic heterocycles. The predicted molar refractivity (Wildman–Crippen MR) is 112 cm³/mol. The van der Waals surface area contributed by atoms with Gasteiger partial charge in [0.2, 0.25) is 5.91 Å². The third-order valence-electron chi connectivity index (χ3n) is 4.74. The van der Waals surface area contributed by atoms with Crippen LogP contribution in [-0.2, 0) is 11.0 Å². The highest BCUT2D eigenvalue weighted by Crippen LogP contribution is 2.36. The molecule has 0 unspecified atom stereocenters. The fourth-order valence-corrected chi connectivity index (χ4v) is 3.96. The topological polar surface area (TPSA) is 61.4 Å². The van der Waals surface area contributed by atoms with Crippen molar-refractivity contribution in [3.8, 4) is 0 Å². The van der Waals surface area contributed by atoms with Crippen LogP contribution in [0.3, 0.4) is 0 Å². The Labute approximate surface area is 177 Å². The lowest BCUT2D eigenvalue weighted by molar-refractivity contribution is -0.137. The Balaban J connectivity index is 1.76. The number of carbonyl (C=O) groups excluding carboxylic acids is 1. The van der Waals surface area contributed by atoms with Gasteiger partial charge in [-0.15, -0.1) is 0 Å². The van der Waals surface area contributed by atoms with Crippen LogP contribution in [0.2, 0.25) is 0 Å². The summed E-state index contributed by atoms with van der Waals surface area (Å²) in [5, 5.41) is 3.12. The SMILES string of the molecule is Cc1cc(C)nc(SCC(=O)Nc2cc(C(F)(F)F)ccc2N2CCN(C)CC2)n1. The number of thioether (sulfide) groups is 1. The third kappa shape index (κ3) is 5.85. The molecule has 0 bridgehead atoms. The first-order valence-electron chi connectivity index (χ1n) is 9.51. The minimum atomic E-state index is -4.48. The number of benzene rings is 1. The van der Waals surface area contributed by atoms with Crippen LogP contribution in [0.15, 0.2) is 29.4 Å². The highest BCUT2D eigenvalue weighted by Gasteiger charge is 2.32. The highest BCUT2D eigenvalue weighted by molar-refractivity contribution is 7.99. The number of anilines is 2. The minimum Gasteiger partial charge on any atom is -0.367 e. The number of aryl methyl sites for hydroxylation is 2. The molecule has 0 radical (unpaired) electrons. The van der Waals surface area contributed by atoms with Crippen molar-refractivity contribution in [2.45, 2.75) is 25.2 Å². The number of likely N-dealkylation sites (N-methyl/N-ethyl adjacent to an activating group) is 1. The van der Waals surface area contributed by atoms with Gasteiger partial charge >= 0.3 is 6.18 Å². The van der Waals surface area contributed by atoms with Crippen LogP contribution in [0, 0.1) is 13.8 Å². The zero-order valence-corrected chi connectivity index (χ0v) is 17.9. The van der Waals surface area contributed by atoms with E-state index in [2.05, 4.69) is 20.2 Å². The van der Waals surface area contributed by atoms with Crippen LogP contribution in [0.5, 0.6) is 0 Å². The van der Waals surface area contributed by atoms with Crippen molar-refractivity contribution < 1.29 is 18.0 Å². The lowest BCUT2D eigenvalue weighted by Gasteiger charge is -2.35. The number of hydrogen-bond acceptors (Lipinski definition) is 6. The zero-order chi connectivity index (χ0) is 21.9. The van der Waals surface area contributed by atoms with E-state index >= 15 is 0 Å². The number of nitrogens with one attached hydrogen (secondary N) is 1. The van der Waals surface area contributed by atoms with E-state index in [1.807, 2.05) is 31.9 Å². The smallest absolute Gasteiger partial charge is 0.367 e. The van der Waals surface area contributed by atoms with E-state index < -0.39 is 17.6 Å². The molecule has 2 aromatic rings. The molecule has 0 atom stereocenters. The van der Waals surface area contributed by atoms with Gasteiger partial charge in [-0.25, -0.2) is 9.97 Å². The molecule has 10 heteroatoms. The van der Waals surface area contributed by atoms with Crippen molar-refractivity contribution in [1.29, 1.82) is 0 Å². The summed E-state index contributed by atoms with van der Waals surface area (Å²) >= 11 is 1.15. The van der Waals surface area contributed by atoms with Crippen molar-refractivity contribution >= 4 is 29.0 Å². The van der Waals surface area contributed by atoms with Crippen LogP contribution in [-0.4, -0.2) is 59.8 Å². The Hall–Kier alpha value is -2.33. The molecule has 1 aliphatic heterocycles. The molecule has 1 amide bonds. The Morgan fingerprint density at radius 1 is 1.10 bits per heavy atom. The molecule has 30 heavy (non-hydrogen) atoms. The Kier molecular flexibility index (Phi) is 6.87. The average Bonchev–Trinajstić information content (AvgIpc) is 2.66. The number of rotatable bonds is 5. The van der Waals surface area contributed by atoms with Crippen LogP contribution < -0.4 is 10.2 Å². The lowest BCUT2D eigenvalue weighted by Crippen LogP contribution is -2.44. The number of piperazine rings is 1. The maximum atomic E-state index is 13.2. The number of amides is 1. The molecule has 0 saturated carbocycles. The minimum absolute atomic E-state index is 0.00131. The highest BCUT2D eigenvalue weighted by atomic mass is 32.2. The molecule has 1 aromatic carbocycles. The molecule has 2 heterocycles. The maximum Gasteiger partial charge on any atom is 0.416 e. The van der Waals surface area contributed by atoms with Gasteiger partial charge in [-0.3, -0.25) is 4.79 Å². The molecule has 1 N–H and O–H groups in total. The normalized spacial score (nSPS) is 15.3. The quantitative estimate of drug-likeness (QED) is 0.568. The summed E-state index contributed by atoms with van der Waals surface area (Å²) < 4.78 is 39.7. The van der Waals surface area contributed by atoms with Crippen molar-refractivity contribution in [3.63, 3.8) is 0 Å². The number of carbonyl (C=O) groups is 1. The second-order valence-corrected chi connectivity index (χ2v) is 8.23. The molecule has 6 nitrogen and oxygen atoms in total. The number of nitrogens with zero attached hydrogens (tertiary/aromatic N) is 4. The molecular formula is C20H24F3N5OS. The first-order valence-corrected chi connectivity index (χ1v) is 10.5. The van der Waals surface area contributed by atoms with Gasteiger partial charge in [0.15, 0.2) is 5.16 Å². The third-order valence-corrected chi connectivity index (χ3v) is 5.58. The molecule has 0 aliphatic carbocycles. The molecule has 1 fully saturated rings. The first kappa shape index (κ1) is 22.4. The van der Waals surface area contributed by atoms with Crippen LogP contribution in [0.1, 0.15) is 17.0 Å². The van der Waals surface area contributed by atoms with E-state index in [4.69, 9.17) is 0 Å². The van der Waals surface area contributed by atoms with Gasteiger partial charge in [-0.1, -0.05) is 11.8 Å². The summed E-state index contributed by atoms with van der Waals surface area (Å²) in [4.78, 5) is 25.2. The van der Waals surface area contributed by atoms with Crippen LogP contribution in [0.4, 0.5) is 24.5 Å². The Morgan fingerprint density at radius 3 is 2.33 bits per heavy atom. The van der Waals surface area contributed by atoms with Crippen LogP contribution >= 0.6 is 11.8 Å². The van der Waals surface area contributed by atoms with Gasteiger partial charge in [0.1, 0.15) is 0 Å². The molecular weight excluding hydrogens is 415 g/mol. The van der Waals surface area contributed by atoms with Gasteiger partial charge in [0.25, 0.3) is 0 Å². The lowest BCUT2D eigenvalue weighted by atomic mass is 10.1. The number of alkyl halides is 3. The fraction of sp³-hybridized carbons (Fsp3) is 0.450. The van der Waals surface area contributed by atoms with E-state index in [1.54, 1.807) is 0 Å². The maximum absolute atomic E-state index is 13.2. The standard InChI is InChI=1S/C20H24F3N5OS/c1-13-10-14(2)25-19(24-13)30-12-18(29)26-16-11-15(20(21,22)23)4-5-17(16)28-8-6-27(3)7-9-28/h4-5,10-11H,6-9,12H2,1-3H3,(H,26,29). The average molecular weight is 440 g/mol. The Bertz CT molecular complexity index is 894. The van der Waals surface area contributed by atoms with Gasteiger partial charge in [-0.05, 0) is 45.2 Å². The van der Waals surface area contributed by atoms with Crippen LogP contribution in [0.25, 0.3) is 0 Å². The second-order valence-electron chi connectivity index (χ2n) is 7.29. The summed E-state index contributed by atoms with van der Waals surface area (Å²) in [5.41, 5.74) is 1.56. The second kappa shape index (κ2) is 9.22. The summed E-state index contributed by atoms with van der Waals surface area (Å²) in [6.07, 6.45) is -4.48. The van der Waals surface area contributed by atoms with E-state index in [-0.39, 0.29) is 11.4 Å². The van der Waals surface area contributed by atoms with Gasteiger partial charge in [0, 0.05) is 37.6 Å². The number of hydrogen-bond donors (Lipinski definition) is 1. The van der Waals surface area contributed by atoms with E-state index in [0.717, 1.165) is 48.4 Å². The van der Waals surface area contributed by atoms with E-state index in [9.17, 15) is 18.0 Å². The fourth-order valence-electron chi connectivity index (χ4n) is 3.21. The van der Waals surface area contributed by atoms with Gasteiger partial charge < -0.3 is 15.1 Å². The monoisotopic (exact) mass is 439 g/mol. The summed E-state index contributed by atoms with van der Waals surface area (Å²) in [5.74, 6) is -0.404. The summed E-state index contributed by atoms with van der Waals surface area (Å²) in [6.45, 7) is 6.63. The van der Waals surface area contributed by atoms with E-state index in [0.29, 0.717) is 23.9 Å². The number of aromatic nitrogens is 2. The first-order chi connectivity index (χ1) is 14.1. The largest absolute Gasteiger partial charge is 0.416 e. The zero-order valence-electron chi connectivity index (χ0n) is 17.1. The van der Waals surface area contributed by atoms with Crippen molar-refractivity contribution in [2.24, 2.45) is 0 Å². The Morgan fingerprint density at radius 2 is 1.73 bits per heavy atom. The van der Waals surface area contributed by atoms with Gasteiger partial charge in [0.05, 0.1) is 22.7 Å². The molecule has 1 aliphatic rings. The van der Waals surface area contributed by atoms with Crippen molar-refractivity contribution in [1.82, 2.24) is 14.9 Å². The van der Waals surface area contributed by atoms with Crippen molar-refractivity contribution in [2.75, 3.05) is 49.2 Å². The van der Waals surface area contributed by atoms with Gasteiger partial charge in [-0.2, -0.15) is 13.2 Å². The van der Waals surface area contributed by atoms with Crippen molar-refractivity contribution in [3.05, 3.63) is 41.2 Å². The number of halogens is 3. The summed E-state index contributed by atoms with van der Waals surface area (Å²) in [6, 6.07) is 5.32. The molecule has 162 valence electrons. The molecule has 1 saturated heterocycles. The summed E-state index contributed by atoms with van der Waals surface area (Å²) in [7, 11) is 2.00. The molecule has 0 spiro atoms.